The van der Waals surface area contributed by atoms with E-state index >= 15 is 0 Å². The second-order valence-corrected chi connectivity index (χ2v) is 5.97. The highest BCUT2D eigenvalue weighted by atomic mass is 16.7. The predicted molar refractivity (Wildman–Crippen MR) is 56.9 cm³/mol. The molecule has 4 atom stereocenters. The highest BCUT2D eigenvalue weighted by Crippen LogP contribution is 2.65. The third-order valence-corrected chi connectivity index (χ3v) is 5.08. The molecular weight excluding hydrogens is 191 g/mol. The van der Waals surface area contributed by atoms with Crippen molar-refractivity contribution in [3.63, 3.8) is 0 Å². The summed E-state index contributed by atoms with van der Waals surface area (Å²) in [5.74, 6) is 1.29. The Kier molecular flexibility index (Phi) is 1.75. The molecule has 4 rings (SSSR count). The summed E-state index contributed by atoms with van der Waals surface area (Å²) >= 11 is 0. The monoisotopic (exact) mass is 208 g/mol. The molecule has 3 nitrogen and oxygen atoms in total. The minimum absolute atomic E-state index is 0.129. The first kappa shape index (κ1) is 9.85. The topological polar surface area (TPSA) is 35.5 Å². The molecule has 3 aliphatic carbocycles. The summed E-state index contributed by atoms with van der Waals surface area (Å²) in [6, 6.07) is 0. The molecule has 0 radical (unpaired) electrons. The van der Waals surface area contributed by atoms with Gasteiger partial charge < -0.3 is 14.1 Å². The van der Waals surface area contributed by atoms with Gasteiger partial charge in [0.15, 0.2) is 6.19 Å². The van der Waals surface area contributed by atoms with Crippen LogP contribution in [-0.4, -0.2) is 25.0 Å². The zero-order valence-corrected chi connectivity index (χ0v) is 9.53. The first-order chi connectivity index (χ1) is 6.98. The number of hydrogen-bond acceptors (Lipinski definition) is 3. The molecule has 82 valence electrons. The van der Waals surface area contributed by atoms with Gasteiger partial charge in [-0.15, -0.1) is 0 Å². The first-order valence-corrected chi connectivity index (χ1v) is 5.77. The molecule has 3 unspecified atom stereocenters. The average molecular weight is 208 g/mol. The Bertz CT molecular complexity index is 317. The van der Waals surface area contributed by atoms with Gasteiger partial charge >= 0.3 is 7.12 Å². The maximum Gasteiger partial charge on any atom is 0.529 e. The fourth-order valence-electron chi connectivity index (χ4n) is 3.95. The van der Waals surface area contributed by atoms with Crippen molar-refractivity contribution in [3.8, 4) is 0 Å². The third-order valence-electron chi connectivity index (χ3n) is 5.08. The Labute approximate surface area is 90.7 Å². The van der Waals surface area contributed by atoms with E-state index in [9.17, 15) is 4.79 Å². The summed E-state index contributed by atoms with van der Waals surface area (Å²) < 4.78 is 11.4. The van der Waals surface area contributed by atoms with Gasteiger partial charge in [-0.2, -0.15) is 0 Å². The van der Waals surface area contributed by atoms with E-state index in [4.69, 9.17) is 9.31 Å². The molecule has 0 aromatic heterocycles. The molecule has 2 bridgehead atoms. The van der Waals surface area contributed by atoms with Crippen molar-refractivity contribution in [2.75, 3.05) is 0 Å². The maximum absolute atomic E-state index is 10.7. The van der Waals surface area contributed by atoms with E-state index in [-0.39, 0.29) is 11.7 Å². The lowest BCUT2D eigenvalue weighted by Crippen LogP contribution is -2.65. The van der Waals surface area contributed by atoms with Gasteiger partial charge in [-0.1, -0.05) is 13.8 Å². The van der Waals surface area contributed by atoms with Gasteiger partial charge in [-0.25, -0.2) is 0 Å². The maximum atomic E-state index is 10.7. The lowest BCUT2D eigenvalue weighted by Gasteiger charge is -2.64. The standard InChI is InChI=1S/C11H17BO3/c1-10(2)7-4-8(10)11(3)9(5-7)14-12(6-13)15-11/h6-9H,4-5H2,1-3H3/t7?,8?,9?,11-/m0/s1. The van der Waals surface area contributed by atoms with E-state index in [1.54, 1.807) is 0 Å². The van der Waals surface area contributed by atoms with Crippen molar-refractivity contribution >= 4 is 13.3 Å². The van der Waals surface area contributed by atoms with Crippen LogP contribution in [0.2, 0.25) is 0 Å². The van der Waals surface area contributed by atoms with Crippen molar-refractivity contribution in [2.24, 2.45) is 17.3 Å². The molecule has 0 spiro atoms. The Morgan fingerprint density at radius 1 is 1.33 bits per heavy atom. The van der Waals surface area contributed by atoms with E-state index in [1.165, 1.54) is 6.42 Å². The SMILES string of the molecule is CC1(C)C2CC3OB(C=O)O[C@@]3(C)C1C2. The minimum atomic E-state index is -0.629. The van der Waals surface area contributed by atoms with Crippen LogP contribution >= 0.6 is 0 Å². The molecule has 0 aromatic rings. The van der Waals surface area contributed by atoms with Crippen molar-refractivity contribution in [1.82, 2.24) is 0 Å². The first-order valence-electron chi connectivity index (χ1n) is 5.77. The summed E-state index contributed by atoms with van der Waals surface area (Å²) in [5.41, 5.74) is 0.121. The van der Waals surface area contributed by atoms with Gasteiger partial charge in [0, 0.05) is 0 Å². The second-order valence-electron chi connectivity index (χ2n) is 5.97. The van der Waals surface area contributed by atoms with E-state index in [0.717, 1.165) is 18.5 Å². The molecule has 1 saturated heterocycles. The van der Waals surface area contributed by atoms with Gasteiger partial charge in [0.1, 0.15) is 0 Å². The molecule has 4 aliphatic rings. The summed E-state index contributed by atoms with van der Waals surface area (Å²) in [7, 11) is -0.629. The van der Waals surface area contributed by atoms with Crippen LogP contribution in [0.4, 0.5) is 0 Å². The van der Waals surface area contributed by atoms with Gasteiger partial charge in [-0.3, -0.25) is 0 Å². The summed E-state index contributed by atoms with van der Waals surface area (Å²) in [5, 5.41) is 0. The van der Waals surface area contributed by atoms with E-state index in [2.05, 4.69) is 20.8 Å². The smallest absolute Gasteiger partial charge is 0.400 e. The largest absolute Gasteiger partial charge is 0.529 e. The van der Waals surface area contributed by atoms with E-state index < -0.39 is 7.12 Å². The molecule has 0 aromatic carbocycles. The average Bonchev–Trinajstić information content (AvgIpc) is 2.53. The van der Waals surface area contributed by atoms with Crippen molar-refractivity contribution in [1.29, 1.82) is 0 Å². The highest BCUT2D eigenvalue weighted by molar-refractivity contribution is 6.74. The molecule has 3 saturated carbocycles. The summed E-state index contributed by atoms with van der Waals surface area (Å²) in [6.45, 7) is 6.73. The number of carbonyl (C=O) groups is 1. The van der Waals surface area contributed by atoms with Crippen LogP contribution in [0, 0.1) is 17.3 Å². The zero-order valence-electron chi connectivity index (χ0n) is 9.53. The quantitative estimate of drug-likeness (QED) is 0.483. The van der Waals surface area contributed by atoms with E-state index in [1.807, 2.05) is 0 Å². The molecular formula is C11H17BO3. The Morgan fingerprint density at radius 2 is 2.07 bits per heavy atom. The van der Waals surface area contributed by atoms with Crippen LogP contribution < -0.4 is 0 Å². The zero-order chi connectivity index (χ0) is 10.8. The van der Waals surface area contributed by atoms with Crippen LogP contribution in [-0.2, 0) is 14.1 Å². The summed E-state index contributed by atoms with van der Waals surface area (Å²) in [4.78, 5) is 10.7. The van der Waals surface area contributed by atoms with Gasteiger partial charge in [0.25, 0.3) is 0 Å². The van der Waals surface area contributed by atoms with Gasteiger partial charge in [0.2, 0.25) is 0 Å². The molecule has 4 fully saturated rings. The second kappa shape index (κ2) is 2.66. The number of hydrogen-bond donors (Lipinski definition) is 0. The molecule has 4 heteroatoms. The highest BCUT2D eigenvalue weighted by Gasteiger charge is 2.67. The van der Waals surface area contributed by atoms with Crippen LogP contribution in [0.3, 0.4) is 0 Å². The lowest BCUT2D eigenvalue weighted by atomic mass is 9.43. The molecule has 0 N–H and O–H groups in total. The van der Waals surface area contributed by atoms with E-state index in [0.29, 0.717) is 11.3 Å². The van der Waals surface area contributed by atoms with Crippen LogP contribution in [0.15, 0.2) is 0 Å². The molecule has 15 heavy (non-hydrogen) atoms. The lowest BCUT2D eigenvalue weighted by molar-refractivity contribution is -0.199. The van der Waals surface area contributed by atoms with Crippen LogP contribution in [0.25, 0.3) is 0 Å². The Morgan fingerprint density at radius 3 is 2.67 bits per heavy atom. The normalized spacial score (nSPS) is 50.9. The Hall–Kier alpha value is -0.345. The van der Waals surface area contributed by atoms with Crippen LogP contribution in [0.1, 0.15) is 33.6 Å². The van der Waals surface area contributed by atoms with Crippen LogP contribution in [0.5, 0.6) is 0 Å². The Balaban J connectivity index is 1.92. The number of carbonyl (C=O) groups excluding carboxylic acids is 1. The molecule has 1 heterocycles. The predicted octanol–water partition coefficient (Wildman–Crippen LogP) is 1.49. The fraction of sp³-hybridized carbons (Fsp3) is 0.909. The fourth-order valence-corrected chi connectivity index (χ4v) is 3.95. The third kappa shape index (κ3) is 1.02. The van der Waals surface area contributed by atoms with Crippen molar-refractivity contribution in [2.45, 2.75) is 45.3 Å². The summed E-state index contributed by atoms with van der Waals surface area (Å²) in [6.07, 6.45) is 3.18. The van der Waals surface area contributed by atoms with Gasteiger partial charge in [-0.05, 0) is 37.0 Å². The van der Waals surface area contributed by atoms with Gasteiger partial charge in [0.05, 0.1) is 11.7 Å². The molecule has 1 aliphatic heterocycles. The molecule has 0 amide bonds. The van der Waals surface area contributed by atoms with Crippen molar-refractivity contribution < 1.29 is 14.1 Å². The minimum Gasteiger partial charge on any atom is -0.400 e. The van der Waals surface area contributed by atoms with Crippen molar-refractivity contribution in [3.05, 3.63) is 0 Å². The number of rotatable bonds is 1.